The summed E-state index contributed by atoms with van der Waals surface area (Å²) >= 11 is 12.2. The number of hydrogen-bond donors (Lipinski definition) is 1. The summed E-state index contributed by atoms with van der Waals surface area (Å²) in [5.41, 5.74) is 9.13. The molecule has 1 aromatic carbocycles. The Kier molecular flexibility index (Phi) is 6.52. The zero-order valence-corrected chi connectivity index (χ0v) is 18.3. The molecule has 0 aromatic heterocycles. The molecule has 3 aliphatic heterocycles. The lowest BCUT2D eigenvalue weighted by Crippen LogP contribution is -2.50. The Bertz CT molecular complexity index is 929. The number of carbonyl (C=O) groups excluding carboxylic acids is 1. The largest absolute Gasteiger partial charge is 0.366 e. The highest BCUT2D eigenvalue weighted by Gasteiger charge is 2.30. The molecule has 0 aliphatic carbocycles. The highest BCUT2D eigenvalue weighted by molar-refractivity contribution is 6.42. The number of nitrogens with zero attached hydrogens (tertiary/aromatic N) is 3. The number of carbonyl (C=O) groups is 1. The van der Waals surface area contributed by atoms with Crippen LogP contribution in [0.15, 0.2) is 66.2 Å². The molecule has 158 valence electrons. The van der Waals surface area contributed by atoms with Crippen molar-refractivity contribution < 1.29 is 4.79 Å². The van der Waals surface area contributed by atoms with Gasteiger partial charge in [-0.1, -0.05) is 41.4 Å². The van der Waals surface area contributed by atoms with Gasteiger partial charge < -0.3 is 20.4 Å². The number of fused-ring (bicyclic) bond motifs is 1. The van der Waals surface area contributed by atoms with Crippen LogP contribution in [0, 0.1) is 0 Å². The molecule has 0 radical (unpaired) electrons. The van der Waals surface area contributed by atoms with Crippen molar-refractivity contribution in [2.75, 3.05) is 39.3 Å². The molecule has 0 spiro atoms. The van der Waals surface area contributed by atoms with E-state index >= 15 is 0 Å². The molecule has 7 heteroatoms. The molecular weight excluding hydrogens is 419 g/mol. The smallest absolute Gasteiger partial charge is 0.230 e. The number of halogens is 2. The molecule has 3 heterocycles. The summed E-state index contributed by atoms with van der Waals surface area (Å²) in [6, 6.07) is 5.41. The highest BCUT2D eigenvalue weighted by Crippen LogP contribution is 2.30. The number of amides is 1. The van der Waals surface area contributed by atoms with Crippen LogP contribution in [0.1, 0.15) is 17.9 Å². The van der Waals surface area contributed by atoms with Gasteiger partial charge in [-0.05, 0) is 48.9 Å². The molecule has 1 aromatic rings. The Morgan fingerprint density at radius 3 is 2.57 bits per heavy atom. The van der Waals surface area contributed by atoms with E-state index in [1.165, 1.54) is 11.4 Å². The second-order valence-corrected chi connectivity index (χ2v) is 8.46. The summed E-state index contributed by atoms with van der Waals surface area (Å²) in [5.74, 6) is -0.188. The van der Waals surface area contributed by atoms with Crippen molar-refractivity contribution in [2.24, 2.45) is 5.73 Å². The van der Waals surface area contributed by atoms with Crippen LogP contribution in [0.2, 0.25) is 10.0 Å². The van der Waals surface area contributed by atoms with Crippen LogP contribution in [0.3, 0.4) is 0 Å². The van der Waals surface area contributed by atoms with Crippen LogP contribution in [0.4, 0.5) is 0 Å². The Morgan fingerprint density at radius 2 is 1.83 bits per heavy atom. The van der Waals surface area contributed by atoms with E-state index < -0.39 is 0 Å². The van der Waals surface area contributed by atoms with Gasteiger partial charge in [-0.2, -0.15) is 0 Å². The monoisotopic (exact) mass is 444 g/mol. The van der Waals surface area contributed by atoms with Crippen molar-refractivity contribution in [3.63, 3.8) is 0 Å². The Hall–Kier alpha value is -2.21. The van der Waals surface area contributed by atoms with E-state index in [2.05, 4.69) is 46.4 Å². The quantitative estimate of drug-likeness (QED) is 0.751. The second-order valence-electron chi connectivity index (χ2n) is 7.64. The maximum Gasteiger partial charge on any atom is 0.230 e. The van der Waals surface area contributed by atoms with Crippen molar-refractivity contribution >= 4 is 29.1 Å². The minimum atomic E-state index is -0.296. The molecular formula is C23H26Cl2N4O. The van der Waals surface area contributed by atoms with E-state index in [0.29, 0.717) is 36.1 Å². The summed E-state index contributed by atoms with van der Waals surface area (Å²) in [6.45, 7) is 4.31. The minimum absolute atomic E-state index is 0.109. The van der Waals surface area contributed by atoms with E-state index in [0.717, 1.165) is 25.2 Å². The van der Waals surface area contributed by atoms with Crippen molar-refractivity contribution in [1.29, 1.82) is 0 Å². The molecule has 4 rings (SSSR count). The third kappa shape index (κ3) is 4.29. The Labute approximate surface area is 187 Å². The average Bonchev–Trinajstić information content (AvgIpc) is 2.79. The van der Waals surface area contributed by atoms with Crippen LogP contribution in [0.5, 0.6) is 0 Å². The van der Waals surface area contributed by atoms with Crippen LogP contribution >= 0.6 is 23.2 Å². The molecule has 1 saturated heterocycles. The van der Waals surface area contributed by atoms with Crippen molar-refractivity contribution in [3.05, 3.63) is 81.8 Å². The number of benzene rings is 1. The molecule has 1 unspecified atom stereocenters. The van der Waals surface area contributed by atoms with Gasteiger partial charge in [0.2, 0.25) is 5.91 Å². The normalized spacial score (nSPS) is 19.4. The van der Waals surface area contributed by atoms with Gasteiger partial charge in [0.1, 0.15) is 0 Å². The van der Waals surface area contributed by atoms with Crippen LogP contribution in [-0.4, -0.2) is 59.9 Å². The number of rotatable bonds is 5. The average molecular weight is 445 g/mol. The molecule has 1 atom stereocenters. The van der Waals surface area contributed by atoms with Crippen LogP contribution < -0.4 is 5.73 Å². The Morgan fingerprint density at radius 1 is 1.03 bits per heavy atom. The molecule has 1 fully saturated rings. The topological polar surface area (TPSA) is 52.8 Å². The molecule has 2 N–H and O–H groups in total. The number of nitrogens with two attached hydrogens (primary N) is 1. The molecule has 0 saturated carbocycles. The van der Waals surface area contributed by atoms with Crippen molar-refractivity contribution in [3.8, 4) is 0 Å². The third-order valence-corrected chi connectivity index (χ3v) is 6.55. The first kappa shape index (κ1) is 21.0. The molecule has 3 aliphatic rings. The zero-order chi connectivity index (χ0) is 21.1. The standard InChI is InChI=1S/C23H26Cl2N4O/c24-19-7-6-17(16-20(19)25)18(8-9-26)23(30)29-14-12-28(13-15-29)22-5-3-11-27-10-2-1-4-21(22)27/h1-7,10,16,18H,8-9,11-15,26H2. The van der Waals surface area contributed by atoms with Gasteiger partial charge in [-0.15, -0.1) is 0 Å². The maximum absolute atomic E-state index is 13.3. The van der Waals surface area contributed by atoms with E-state index in [1.807, 2.05) is 11.0 Å². The first-order valence-corrected chi connectivity index (χ1v) is 11.0. The predicted octanol–water partition coefficient (Wildman–Crippen LogP) is 3.74. The van der Waals surface area contributed by atoms with E-state index in [9.17, 15) is 4.79 Å². The molecule has 30 heavy (non-hydrogen) atoms. The third-order valence-electron chi connectivity index (χ3n) is 5.81. The van der Waals surface area contributed by atoms with E-state index in [-0.39, 0.29) is 11.8 Å². The fourth-order valence-electron chi connectivity index (χ4n) is 4.22. The second kappa shape index (κ2) is 9.29. The fourth-order valence-corrected chi connectivity index (χ4v) is 4.52. The summed E-state index contributed by atoms with van der Waals surface area (Å²) in [6.07, 6.45) is 13.3. The number of allylic oxidation sites excluding steroid dienone is 4. The summed E-state index contributed by atoms with van der Waals surface area (Å²) in [5, 5.41) is 0.953. The summed E-state index contributed by atoms with van der Waals surface area (Å²) in [7, 11) is 0. The predicted molar refractivity (Wildman–Crippen MR) is 122 cm³/mol. The lowest BCUT2D eigenvalue weighted by Gasteiger charge is -2.40. The summed E-state index contributed by atoms with van der Waals surface area (Å²) in [4.78, 5) is 19.9. The fraction of sp³-hybridized carbons (Fsp3) is 0.348. The number of piperazine rings is 1. The highest BCUT2D eigenvalue weighted by atomic mass is 35.5. The van der Waals surface area contributed by atoms with Crippen LogP contribution in [0.25, 0.3) is 0 Å². The van der Waals surface area contributed by atoms with Gasteiger partial charge >= 0.3 is 0 Å². The number of hydrogen-bond acceptors (Lipinski definition) is 4. The lowest BCUT2D eigenvalue weighted by molar-refractivity contribution is -0.134. The van der Waals surface area contributed by atoms with Gasteiger partial charge in [-0.25, -0.2) is 0 Å². The van der Waals surface area contributed by atoms with Crippen molar-refractivity contribution in [1.82, 2.24) is 14.7 Å². The summed E-state index contributed by atoms with van der Waals surface area (Å²) < 4.78 is 0. The Balaban J connectivity index is 1.46. The molecule has 0 bridgehead atoms. The first-order chi connectivity index (χ1) is 14.6. The zero-order valence-electron chi connectivity index (χ0n) is 16.8. The van der Waals surface area contributed by atoms with E-state index in [4.69, 9.17) is 28.9 Å². The molecule has 1 amide bonds. The lowest BCUT2D eigenvalue weighted by atomic mass is 9.94. The van der Waals surface area contributed by atoms with Gasteiger partial charge in [0.25, 0.3) is 0 Å². The van der Waals surface area contributed by atoms with Gasteiger partial charge in [0.05, 0.1) is 27.4 Å². The maximum atomic E-state index is 13.3. The van der Waals surface area contributed by atoms with Crippen molar-refractivity contribution in [2.45, 2.75) is 12.3 Å². The van der Waals surface area contributed by atoms with Gasteiger partial charge in [-0.3, -0.25) is 4.79 Å². The SMILES string of the molecule is NCCC(C(=O)N1CCN(C2=C3C=CC=CN3CC=C2)CC1)c1ccc(Cl)c(Cl)c1. The van der Waals surface area contributed by atoms with Gasteiger partial charge in [0, 0.05) is 38.9 Å². The molecule has 5 nitrogen and oxygen atoms in total. The van der Waals surface area contributed by atoms with E-state index in [1.54, 1.807) is 12.1 Å². The van der Waals surface area contributed by atoms with Crippen LogP contribution in [-0.2, 0) is 4.79 Å². The minimum Gasteiger partial charge on any atom is -0.366 e. The van der Waals surface area contributed by atoms with Gasteiger partial charge in [0.15, 0.2) is 0 Å². The first-order valence-electron chi connectivity index (χ1n) is 10.3.